The third-order valence-corrected chi connectivity index (χ3v) is 3.41. The second-order valence-electron chi connectivity index (χ2n) is 3.90. The largest absolute Gasteiger partial charge is 0.478 e. The highest BCUT2D eigenvalue weighted by molar-refractivity contribution is 9.10. The molecule has 94 valence electrons. The number of benzene rings is 1. The third-order valence-electron chi connectivity index (χ3n) is 2.76. The predicted molar refractivity (Wildman–Crippen MR) is 68.7 cm³/mol. The molecule has 1 aliphatic rings. The molecule has 1 unspecified atom stereocenters. The van der Waals surface area contributed by atoms with E-state index in [0.717, 1.165) is 5.69 Å². The van der Waals surface area contributed by atoms with E-state index in [1.54, 1.807) is 18.2 Å². The first-order valence-electron chi connectivity index (χ1n) is 5.41. The average molecular weight is 311 g/mol. The van der Waals surface area contributed by atoms with Crippen molar-refractivity contribution < 1.29 is 14.6 Å². The molecule has 0 saturated carbocycles. The zero-order valence-electron chi connectivity index (χ0n) is 9.47. The van der Waals surface area contributed by atoms with Gasteiger partial charge in [0.15, 0.2) is 6.10 Å². The summed E-state index contributed by atoms with van der Waals surface area (Å²) in [5.74, 6) is -0.967. The van der Waals surface area contributed by atoms with Gasteiger partial charge in [-0.1, -0.05) is 0 Å². The molecular formula is C12H11BrN2O3. The topological polar surface area (TPSA) is 73.6 Å². The van der Waals surface area contributed by atoms with Crippen LogP contribution in [-0.2, 0) is 4.74 Å². The molecule has 0 bridgehead atoms. The van der Waals surface area contributed by atoms with E-state index in [4.69, 9.17) is 15.1 Å². The van der Waals surface area contributed by atoms with Crippen LogP contribution in [0.2, 0.25) is 0 Å². The van der Waals surface area contributed by atoms with Crippen LogP contribution in [0.4, 0.5) is 5.69 Å². The quantitative estimate of drug-likeness (QED) is 0.902. The Hall–Kier alpha value is -1.58. The van der Waals surface area contributed by atoms with Gasteiger partial charge in [-0.3, -0.25) is 0 Å². The minimum atomic E-state index is -0.967. The zero-order chi connectivity index (χ0) is 13.1. The first-order chi connectivity index (χ1) is 8.61. The molecule has 18 heavy (non-hydrogen) atoms. The number of halogens is 1. The molecule has 1 aliphatic heterocycles. The number of nitriles is 1. The summed E-state index contributed by atoms with van der Waals surface area (Å²) in [5, 5.41) is 17.8. The summed E-state index contributed by atoms with van der Waals surface area (Å²) >= 11 is 3.24. The summed E-state index contributed by atoms with van der Waals surface area (Å²) in [6, 6.07) is 7.13. The molecule has 1 aromatic rings. The van der Waals surface area contributed by atoms with E-state index < -0.39 is 12.1 Å². The fourth-order valence-corrected chi connectivity index (χ4v) is 2.37. The van der Waals surface area contributed by atoms with Crippen LogP contribution < -0.4 is 4.90 Å². The number of rotatable bonds is 2. The lowest BCUT2D eigenvalue weighted by Gasteiger charge is -2.31. The number of carbonyl (C=O) groups is 1. The number of carboxylic acid groups (broad SMARTS) is 1. The van der Waals surface area contributed by atoms with Gasteiger partial charge in [-0.05, 0) is 34.1 Å². The van der Waals surface area contributed by atoms with Crippen molar-refractivity contribution in [1.82, 2.24) is 0 Å². The van der Waals surface area contributed by atoms with E-state index in [2.05, 4.69) is 22.0 Å². The number of carboxylic acids is 1. The van der Waals surface area contributed by atoms with Crippen molar-refractivity contribution in [3.8, 4) is 6.07 Å². The number of ether oxygens (including phenoxy) is 1. The molecule has 2 rings (SSSR count). The van der Waals surface area contributed by atoms with Crippen LogP contribution in [0.25, 0.3) is 0 Å². The number of anilines is 1. The molecule has 0 amide bonds. The normalized spacial score (nSPS) is 19.3. The first-order valence-corrected chi connectivity index (χ1v) is 6.20. The molecule has 1 N–H and O–H groups in total. The molecule has 0 radical (unpaired) electrons. The van der Waals surface area contributed by atoms with Crippen LogP contribution in [-0.4, -0.2) is 36.9 Å². The van der Waals surface area contributed by atoms with Crippen LogP contribution in [0.15, 0.2) is 22.7 Å². The van der Waals surface area contributed by atoms with Gasteiger partial charge in [0.2, 0.25) is 0 Å². The number of morpholine rings is 1. The van der Waals surface area contributed by atoms with E-state index in [9.17, 15) is 4.79 Å². The van der Waals surface area contributed by atoms with Gasteiger partial charge in [-0.2, -0.15) is 5.26 Å². The lowest BCUT2D eigenvalue weighted by molar-refractivity contribution is 0.0695. The van der Waals surface area contributed by atoms with Crippen molar-refractivity contribution in [2.75, 3.05) is 24.6 Å². The number of hydrogen-bond acceptors (Lipinski definition) is 4. The highest BCUT2D eigenvalue weighted by Gasteiger charge is 2.21. The fraction of sp³-hybridized carbons (Fsp3) is 0.333. The Balaban J connectivity index is 2.21. The van der Waals surface area contributed by atoms with Gasteiger partial charge in [-0.15, -0.1) is 0 Å². The summed E-state index contributed by atoms with van der Waals surface area (Å²) in [7, 11) is 0. The number of aromatic carboxylic acids is 1. The molecule has 1 aromatic carbocycles. The van der Waals surface area contributed by atoms with Crippen LogP contribution in [0, 0.1) is 11.3 Å². The lowest BCUT2D eigenvalue weighted by atomic mass is 10.2. The monoisotopic (exact) mass is 310 g/mol. The molecule has 1 fully saturated rings. The van der Waals surface area contributed by atoms with Crippen LogP contribution in [0.3, 0.4) is 0 Å². The Kier molecular flexibility index (Phi) is 3.84. The van der Waals surface area contributed by atoms with Crippen molar-refractivity contribution in [2.24, 2.45) is 0 Å². The van der Waals surface area contributed by atoms with Crippen LogP contribution in [0.1, 0.15) is 10.4 Å². The Morgan fingerprint density at radius 3 is 3.00 bits per heavy atom. The predicted octanol–water partition coefficient (Wildman–Crippen LogP) is 1.88. The number of nitrogens with zero attached hydrogens (tertiary/aromatic N) is 2. The third kappa shape index (κ3) is 2.63. The molecule has 0 aromatic heterocycles. The Morgan fingerprint density at radius 2 is 2.39 bits per heavy atom. The maximum atomic E-state index is 10.9. The van der Waals surface area contributed by atoms with Gasteiger partial charge >= 0.3 is 5.97 Å². The molecule has 1 saturated heterocycles. The minimum Gasteiger partial charge on any atom is -0.478 e. The maximum Gasteiger partial charge on any atom is 0.336 e. The first kappa shape index (κ1) is 12.9. The molecule has 1 atom stereocenters. The zero-order valence-corrected chi connectivity index (χ0v) is 11.1. The van der Waals surface area contributed by atoms with Gasteiger partial charge < -0.3 is 14.7 Å². The second-order valence-corrected chi connectivity index (χ2v) is 4.76. The highest BCUT2D eigenvalue weighted by Crippen LogP contribution is 2.25. The lowest BCUT2D eigenvalue weighted by Crippen LogP contribution is -2.41. The van der Waals surface area contributed by atoms with E-state index >= 15 is 0 Å². The maximum absolute atomic E-state index is 10.9. The summed E-state index contributed by atoms with van der Waals surface area (Å²) < 4.78 is 5.80. The Morgan fingerprint density at radius 1 is 1.61 bits per heavy atom. The summed E-state index contributed by atoms with van der Waals surface area (Å²) in [6.07, 6.45) is -0.434. The second kappa shape index (κ2) is 5.38. The highest BCUT2D eigenvalue weighted by atomic mass is 79.9. The average Bonchev–Trinajstić information content (AvgIpc) is 2.38. The summed E-state index contributed by atoms with van der Waals surface area (Å²) in [5.41, 5.74) is 1.11. The fourth-order valence-electron chi connectivity index (χ4n) is 1.84. The number of hydrogen-bond donors (Lipinski definition) is 1. The Labute approximate surface area is 113 Å². The van der Waals surface area contributed by atoms with Gasteiger partial charge in [0.05, 0.1) is 24.8 Å². The molecule has 0 aliphatic carbocycles. The van der Waals surface area contributed by atoms with Gasteiger partial charge in [0, 0.05) is 16.7 Å². The molecule has 5 nitrogen and oxygen atoms in total. The van der Waals surface area contributed by atoms with Crippen molar-refractivity contribution in [3.63, 3.8) is 0 Å². The molecular weight excluding hydrogens is 300 g/mol. The van der Waals surface area contributed by atoms with E-state index in [-0.39, 0.29) is 5.56 Å². The molecule has 0 spiro atoms. The van der Waals surface area contributed by atoms with Crippen molar-refractivity contribution in [1.29, 1.82) is 5.26 Å². The summed E-state index contributed by atoms with van der Waals surface area (Å²) in [6.45, 7) is 1.68. The van der Waals surface area contributed by atoms with Gasteiger partial charge in [0.1, 0.15) is 0 Å². The van der Waals surface area contributed by atoms with Crippen LogP contribution in [0.5, 0.6) is 0 Å². The van der Waals surface area contributed by atoms with E-state index in [1.165, 1.54) is 0 Å². The molecule has 1 heterocycles. The van der Waals surface area contributed by atoms with E-state index in [0.29, 0.717) is 24.2 Å². The van der Waals surface area contributed by atoms with Gasteiger partial charge in [0.25, 0.3) is 0 Å². The molecule has 6 heteroatoms. The van der Waals surface area contributed by atoms with Crippen LogP contribution >= 0.6 is 15.9 Å². The van der Waals surface area contributed by atoms with E-state index in [1.807, 2.05) is 4.90 Å². The van der Waals surface area contributed by atoms with Crippen molar-refractivity contribution in [2.45, 2.75) is 6.10 Å². The smallest absolute Gasteiger partial charge is 0.336 e. The Bertz CT molecular complexity index is 513. The van der Waals surface area contributed by atoms with Gasteiger partial charge in [-0.25, -0.2) is 4.79 Å². The minimum absolute atomic E-state index is 0.226. The van der Waals surface area contributed by atoms with Crippen molar-refractivity contribution in [3.05, 3.63) is 28.2 Å². The SMILES string of the molecule is N#CC1CN(c2ccc(C(=O)O)c(Br)c2)CCO1. The summed E-state index contributed by atoms with van der Waals surface area (Å²) in [4.78, 5) is 12.9. The standard InChI is InChI=1S/C12H11BrN2O3/c13-11-5-8(1-2-10(11)12(16)17)15-3-4-18-9(6-14)7-15/h1-2,5,9H,3-4,7H2,(H,16,17). The van der Waals surface area contributed by atoms with Crippen molar-refractivity contribution >= 4 is 27.6 Å².